The predicted octanol–water partition coefficient (Wildman–Crippen LogP) is 4.26. The van der Waals surface area contributed by atoms with Gasteiger partial charge in [-0.1, -0.05) is 0 Å². The number of pyridine rings is 2. The number of imidazole rings is 1. The summed E-state index contributed by atoms with van der Waals surface area (Å²) in [6, 6.07) is 10.3. The quantitative estimate of drug-likeness (QED) is 0.490. The van der Waals surface area contributed by atoms with Crippen LogP contribution in [0.3, 0.4) is 0 Å². The minimum atomic E-state index is -0.119. The molecular weight excluding hydrogens is 420 g/mol. The number of anilines is 2. The number of nitrogens with one attached hydrogen (secondary N) is 2. The van der Waals surface area contributed by atoms with Crippen LogP contribution in [-0.4, -0.2) is 51.4 Å². The Morgan fingerprint density at radius 3 is 2.94 bits per heavy atom. The Labute approximate surface area is 190 Å². The van der Waals surface area contributed by atoms with Crippen LogP contribution < -0.4 is 10.6 Å². The van der Waals surface area contributed by atoms with Gasteiger partial charge in [-0.15, -0.1) is 11.3 Å². The molecule has 0 bridgehead atoms. The van der Waals surface area contributed by atoms with E-state index in [0.717, 1.165) is 39.0 Å². The molecule has 0 aromatic carbocycles. The number of carbonyl (C=O) groups is 1. The molecule has 2 fully saturated rings. The fourth-order valence-corrected chi connectivity index (χ4v) is 6.28. The van der Waals surface area contributed by atoms with Crippen molar-refractivity contribution in [3.63, 3.8) is 0 Å². The van der Waals surface area contributed by atoms with E-state index in [-0.39, 0.29) is 5.91 Å². The highest BCUT2D eigenvalue weighted by Gasteiger charge is 2.41. The first-order valence-electron chi connectivity index (χ1n) is 11.1. The topological polar surface area (TPSA) is 74.6 Å². The van der Waals surface area contributed by atoms with Crippen LogP contribution in [0.4, 0.5) is 11.5 Å². The normalized spacial score (nSPS) is 23.1. The van der Waals surface area contributed by atoms with Gasteiger partial charge in [0.1, 0.15) is 16.3 Å². The van der Waals surface area contributed by atoms with Crippen molar-refractivity contribution in [1.29, 1.82) is 0 Å². The van der Waals surface area contributed by atoms with Crippen LogP contribution in [0.25, 0.3) is 15.9 Å². The molecule has 1 saturated heterocycles. The standard InChI is InChI=1S/C24H26N6OS/c1-14-10-30-12-17(5-8-22(30)25-14)26-23(31)20-9-15-4-7-21(28-24(15)32-20)27-19-6-3-16-11-29(2)13-18(16)19/h4-5,7-10,12,16,18-19H,3,6,11,13H2,1-2H3,(H,26,31)(H,27,28). The molecule has 0 radical (unpaired) electrons. The van der Waals surface area contributed by atoms with Gasteiger partial charge in [0.05, 0.1) is 16.3 Å². The van der Waals surface area contributed by atoms with E-state index in [4.69, 9.17) is 4.98 Å². The molecule has 0 spiro atoms. The maximum Gasteiger partial charge on any atom is 0.265 e. The number of carbonyl (C=O) groups excluding carboxylic acids is 1. The van der Waals surface area contributed by atoms with Gasteiger partial charge in [0, 0.05) is 36.9 Å². The van der Waals surface area contributed by atoms with Crippen molar-refractivity contribution in [1.82, 2.24) is 19.3 Å². The van der Waals surface area contributed by atoms with Crippen LogP contribution in [0.1, 0.15) is 28.2 Å². The molecule has 5 heterocycles. The number of amides is 1. The highest BCUT2D eigenvalue weighted by molar-refractivity contribution is 7.20. The largest absolute Gasteiger partial charge is 0.367 e. The van der Waals surface area contributed by atoms with E-state index in [1.54, 1.807) is 0 Å². The number of fused-ring (bicyclic) bond motifs is 3. The smallest absolute Gasteiger partial charge is 0.265 e. The van der Waals surface area contributed by atoms with E-state index in [1.165, 1.54) is 37.3 Å². The summed E-state index contributed by atoms with van der Waals surface area (Å²) in [7, 11) is 2.21. The third-order valence-corrected chi connectivity index (χ3v) is 7.85. The maximum atomic E-state index is 12.9. The zero-order valence-corrected chi connectivity index (χ0v) is 19.0. The molecule has 164 valence electrons. The number of hydrogen-bond acceptors (Lipinski definition) is 6. The molecule has 32 heavy (non-hydrogen) atoms. The van der Waals surface area contributed by atoms with Crippen LogP contribution in [0.15, 0.2) is 42.7 Å². The molecule has 6 rings (SSSR count). The number of aryl methyl sites for hydroxylation is 1. The average Bonchev–Trinajstić information content (AvgIpc) is 3.51. The second-order valence-corrected chi connectivity index (χ2v) is 10.2. The van der Waals surface area contributed by atoms with Crippen molar-refractivity contribution in [2.75, 3.05) is 30.8 Å². The monoisotopic (exact) mass is 446 g/mol. The lowest BCUT2D eigenvalue weighted by atomic mass is 9.98. The molecule has 3 unspecified atom stereocenters. The van der Waals surface area contributed by atoms with Gasteiger partial charge in [0.2, 0.25) is 0 Å². The first-order chi connectivity index (χ1) is 15.5. The molecule has 3 atom stereocenters. The van der Waals surface area contributed by atoms with Gasteiger partial charge in [-0.2, -0.15) is 0 Å². The number of thiophene rings is 1. The molecule has 4 aromatic rings. The van der Waals surface area contributed by atoms with Gasteiger partial charge in [0.15, 0.2) is 0 Å². The predicted molar refractivity (Wildman–Crippen MR) is 129 cm³/mol. The Bertz CT molecular complexity index is 1330. The van der Waals surface area contributed by atoms with E-state index in [1.807, 2.05) is 48.0 Å². The Balaban J connectivity index is 1.19. The second kappa shape index (κ2) is 7.56. The zero-order valence-electron chi connectivity index (χ0n) is 18.2. The number of aromatic nitrogens is 3. The molecule has 1 amide bonds. The first-order valence-corrected chi connectivity index (χ1v) is 12.0. The first kappa shape index (κ1) is 19.7. The van der Waals surface area contributed by atoms with Crippen LogP contribution >= 0.6 is 11.3 Å². The summed E-state index contributed by atoms with van der Waals surface area (Å²) in [5, 5.41) is 7.68. The van der Waals surface area contributed by atoms with E-state index in [9.17, 15) is 4.79 Å². The molecule has 1 aliphatic carbocycles. The fourth-order valence-electron chi connectivity index (χ4n) is 5.35. The molecule has 8 heteroatoms. The Hall–Kier alpha value is -2.97. The van der Waals surface area contributed by atoms with Crippen molar-refractivity contribution in [3.05, 3.63) is 53.3 Å². The summed E-state index contributed by atoms with van der Waals surface area (Å²) < 4.78 is 1.92. The molecule has 1 aliphatic heterocycles. The van der Waals surface area contributed by atoms with Crippen molar-refractivity contribution in [3.8, 4) is 0 Å². The van der Waals surface area contributed by atoms with E-state index < -0.39 is 0 Å². The summed E-state index contributed by atoms with van der Waals surface area (Å²) in [5.41, 5.74) is 2.55. The van der Waals surface area contributed by atoms with Crippen molar-refractivity contribution < 1.29 is 4.79 Å². The van der Waals surface area contributed by atoms with E-state index in [0.29, 0.717) is 16.8 Å². The SMILES string of the molecule is Cc1cn2cc(NC(=O)c3cc4ccc(NC5CCC6CN(C)CC65)nc4s3)ccc2n1. The van der Waals surface area contributed by atoms with Crippen LogP contribution in [0.2, 0.25) is 0 Å². The van der Waals surface area contributed by atoms with Gasteiger partial charge >= 0.3 is 0 Å². The Morgan fingerprint density at radius 2 is 2.03 bits per heavy atom. The molecule has 1 saturated carbocycles. The average molecular weight is 447 g/mol. The lowest BCUT2D eigenvalue weighted by molar-refractivity contribution is 0.103. The van der Waals surface area contributed by atoms with Gasteiger partial charge in [-0.25, -0.2) is 9.97 Å². The van der Waals surface area contributed by atoms with Crippen molar-refractivity contribution in [2.45, 2.75) is 25.8 Å². The third kappa shape index (κ3) is 3.53. The van der Waals surface area contributed by atoms with Gasteiger partial charge in [-0.05, 0) is 69.0 Å². The van der Waals surface area contributed by atoms with Crippen LogP contribution in [-0.2, 0) is 0 Å². The summed E-state index contributed by atoms with van der Waals surface area (Å²) in [6.07, 6.45) is 6.33. The van der Waals surface area contributed by atoms with E-state index >= 15 is 0 Å². The molecule has 2 aliphatic rings. The molecular formula is C24H26N6OS. The zero-order chi connectivity index (χ0) is 21.8. The Kier molecular flexibility index (Phi) is 4.66. The minimum absolute atomic E-state index is 0.119. The third-order valence-electron chi connectivity index (χ3n) is 6.81. The fraction of sp³-hybridized carbons (Fsp3) is 0.375. The molecule has 4 aromatic heterocycles. The highest BCUT2D eigenvalue weighted by atomic mass is 32.1. The second-order valence-electron chi connectivity index (χ2n) is 9.19. The lowest BCUT2D eigenvalue weighted by Crippen LogP contribution is -2.28. The van der Waals surface area contributed by atoms with Gasteiger partial charge in [-0.3, -0.25) is 4.79 Å². The summed E-state index contributed by atoms with van der Waals surface area (Å²) in [4.78, 5) is 26.1. The summed E-state index contributed by atoms with van der Waals surface area (Å²) in [5.74, 6) is 2.31. The summed E-state index contributed by atoms with van der Waals surface area (Å²) >= 11 is 1.43. The number of hydrogen-bond donors (Lipinski definition) is 2. The molecule has 7 nitrogen and oxygen atoms in total. The van der Waals surface area contributed by atoms with Gasteiger partial charge in [0.25, 0.3) is 5.91 Å². The lowest BCUT2D eigenvalue weighted by Gasteiger charge is -2.20. The van der Waals surface area contributed by atoms with Crippen LogP contribution in [0.5, 0.6) is 0 Å². The number of likely N-dealkylation sites (tertiary alicyclic amines) is 1. The Morgan fingerprint density at radius 1 is 1.12 bits per heavy atom. The van der Waals surface area contributed by atoms with Crippen molar-refractivity contribution >= 4 is 44.6 Å². The summed E-state index contributed by atoms with van der Waals surface area (Å²) in [6.45, 7) is 4.33. The highest BCUT2D eigenvalue weighted by Crippen LogP contribution is 2.39. The van der Waals surface area contributed by atoms with Crippen molar-refractivity contribution in [2.24, 2.45) is 11.8 Å². The van der Waals surface area contributed by atoms with Crippen LogP contribution in [0, 0.1) is 18.8 Å². The minimum Gasteiger partial charge on any atom is -0.367 e. The number of nitrogens with zero attached hydrogens (tertiary/aromatic N) is 4. The maximum absolute atomic E-state index is 12.9. The molecule has 2 N–H and O–H groups in total. The van der Waals surface area contributed by atoms with E-state index in [2.05, 4.69) is 33.6 Å². The van der Waals surface area contributed by atoms with Gasteiger partial charge < -0.3 is 19.9 Å². The number of rotatable bonds is 4.